The predicted octanol–water partition coefficient (Wildman–Crippen LogP) is 4.54. The topological polar surface area (TPSA) is 25.2 Å². The van der Waals surface area contributed by atoms with Crippen LogP contribution < -0.4 is 5.32 Å². The molecule has 1 heterocycles. The average Bonchev–Trinajstić information content (AvgIpc) is 2.81. The Morgan fingerprint density at radius 3 is 2.83 bits per heavy atom. The van der Waals surface area contributed by atoms with E-state index in [1.165, 1.54) is 32.1 Å². The van der Waals surface area contributed by atoms with Crippen molar-refractivity contribution in [2.24, 2.45) is 11.8 Å². The van der Waals surface area contributed by atoms with Crippen LogP contribution in [0.5, 0.6) is 0 Å². The lowest BCUT2D eigenvalue weighted by molar-refractivity contribution is 0.236. The van der Waals surface area contributed by atoms with Crippen molar-refractivity contribution >= 4 is 0 Å². The van der Waals surface area contributed by atoms with Gasteiger partial charge in [0.2, 0.25) is 0 Å². The van der Waals surface area contributed by atoms with E-state index >= 15 is 0 Å². The van der Waals surface area contributed by atoms with Crippen LogP contribution in [-0.2, 0) is 0 Å². The standard InChI is InChI=1S/C16H27NO/c1-12(2)10-14-6-4-7-15(11-14)17-13(3)16-8-5-9-18-16/h5,8-9,12-15,17H,4,6-7,10-11H2,1-3H3. The lowest BCUT2D eigenvalue weighted by atomic mass is 9.81. The van der Waals surface area contributed by atoms with Crippen LogP contribution in [0.2, 0.25) is 0 Å². The van der Waals surface area contributed by atoms with Gasteiger partial charge < -0.3 is 9.73 Å². The molecule has 18 heavy (non-hydrogen) atoms. The number of nitrogens with one attached hydrogen (secondary N) is 1. The molecule has 1 saturated carbocycles. The Kier molecular flexibility index (Phi) is 4.87. The summed E-state index contributed by atoms with van der Waals surface area (Å²) in [4.78, 5) is 0. The highest BCUT2D eigenvalue weighted by Gasteiger charge is 2.24. The van der Waals surface area contributed by atoms with Gasteiger partial charge in [-0.25, -0.2) is 0 Å². The first kappa shape index (κ1) is 13.7. The maximum absolute atomic E-state index is 5.47. The van der Waals surface area contributed by atoms with Gasteiger partial charge in [-0.3, -0.25) is 0 Å². The minimum Gasteiger partial charge on any atom is -0.468 e. The van der Waals surface area contributed by atoms with Crippen LogP contribution in [0.1, 0.15) is 64.7 Å². The van der Waals surface area contributed by atoms with Crippen LogP contribution in [0.3, 0.4) is 0 Å². The predicted molar refractivity (Wildman–Crippen MR) is 75.5 cm³/mol. The highest BCUT2D eigenvalue weighted by atomic mass is 16.3. The van der Waals surface area contributed by atoms with E-state index in [1.54, 1.807) is 6.26 Å². The Labute approximate surface area is 111 Å². The molecule has 2 rings (SSSR count). The molecular weight excluding hydrogens is 222 g/mol. The molecule has 1 aliphatic rings. The minimum atomic E-state index is 0.336. The number of hydrogen-bond donors (Lipinski definition) is 1. The molecule has 2 nitrogen and oxygen atoms in total. The molecule has 0 amide bonds. The average molecular weight is 249 g/mol. The van der Waals surface area contributed by atoms with Crippen LogP contribution in [0.4, 0.5) is 0 Å². The molecule has 0 aromatic carbocycles. The van der Waals surface area contributed by atoms with E-state index in [0.717, 1.165) is 17.6 Å². The zero-order valence-corrected chi connectivity index (χ0v) is 12.0. The van der Waals surface area contributed by atoms with Crippen LogP contribution in [0.15, 0.2) is 22.8 Å². The van der Waals surface area contributed by atoms with Gasteiger partial charge in [0.15, 0.2) is 0 Å². The van der Waals surface area contributed by atoms with Crippen molar-refractivity contribution < 1.29 is 4.42 Å². The van der Waals surface area contributed by atoms with Gasteiger partial charge in [-0.15, -0.1) is 0 Å². The summed E-state index contributed by atoms with van der Waals surface area (Å²) in [6.07, 6.45) is 8.59. The van der Waals surface area contributed by atoms with Crippen molar-refractivity contribution in [1.29, 1.82) is 0 Å². The molecule has 1 aliphatic carbocycles. The Hall–Kier alpha value is -0.760. The van der Waals surface area contributed by atoms with Crippen LogP contribution in [-0.4, -0.2) is 6.04 Å². The number of furan rings is 1. The van der Waals surface area contributed by atoms with E-state index in [-0.39, 0.29) is 0 Å². The first-order valence-corrected chi connectivity index (χ1v) is 7.44. The maximum atomic E-state index is 5.47. The fraction of sp³-hybridized carbons (Fsp3) is 0.750. The summed E-state index contributed by atoms with van der Waals surface area (Å²) < 4.78 is 5.47. The molecule has 1 N–H and O–H groups in total. The number of rotatable bonds is 5. The lowest BCUT2D eigenvalue weighted by Crippen LogP contribution is -2.36. The van der Waals surface area contributed by atoms with Gasteiger partial charge in [0.1, 0.15) is 5.76 Å². The summed E-state index contributed by atoms with van der Waals surface area (Å²) in [5.74, 6) is 2.80. The molecule has 0 radical (unpaired) electrons. The lowest BCUT2D eigenvalue weighted by Gasteiger charge is -2.32. The fourth-order valence-electron chi connectivity index (χ4n) is 3.30. The van der Waals surface area contributed by atoms with Crippen molar-refractivity contribution in [3.05, 3.63) is 24.2 Å². The van der Waals surface area contributed by atoms with Gasteiger partial charge in [-0.2, -0.15) is 0 Å². The van der Waals surface area contributed by atoms with Crippen molar-refractivity contribution in [1.82, 2.24) is 5.32 Å². The Balaban J connectivity index is 1.82. The first-order chi connectivity index (χ1) is 8.65. The van der Waals surface area contributed by atoms with Crippen molar-refractivity contribution in [3.8, 4) is 0 Å². The van der Waals surface area contributed by atoms with Gasteiger partial charge in [0.25, 0.3) is 0 Å². The summed E-state index contributed by atoms with van der Waals surface area (Å²) >= 11 is 0. The van der Waals surface area contributed by atoms with Gasteiger partial charge in [-0.05, 0) is 50.2 Å². The van der Waals surface area contributed by atoms with Crippen molar-refractivity contribution in [2.75, 3.05) is 0 Å². The summed E-state index contributed by atoms with van der Waals surface area (Å²) in [7, 11) is 0. The zero-order valence-electron chi connectivity index (χ0n) is 12.0. The summed E-state index contributed by atoms with van der Waals surface area (Å²) in [5, 5.41) is 3.73. The summed E-state index contributed by atoms with van der Waals surface area (Å²) in [6, 6.07) is 5.03. The van der Waals surface area contributed by atoms with E-state index in [4.69, 9.17) is 4.42 Å². The molecule has 0 saturated heterocycles. The first-order valence-electron chi connectivity index (χ1n) is 7.44. The van der Waals surface area contributed by atoms with Crippen LogP contribution in [0.25, 0.3) is 0 Å². The highest BCUT2D eigenvalue weighted by molar-refractivity contribution is 5.03. The number of hydrogen-bond acceptors (Lipinski definition) is 2. The second-order valence-electron chi connectivity index (χ2n) is 6.26. The van der Waals surface area contributed by atoms with Gasteiger partial charge in [0.05, 0.1) is 12.3 Å². The minimum absolute atomic E-state index is 0.336. The van der Waals surface area contributed by atoms with Gasteiger partial charge >= 0.3 is 0 Å². The smallest absolute Gasteiger partial charge is 0.120 e. The van der Waals surface area contributed by atoms with E-state index in [0.29, 0.717) is 12.1 Å². The maximum Gasteiger partial charge on any atom is 0.120 e. The SMILES string of the molecule is CC(C)CC1CCCC(NC(C)c2ccco2)C1. The van der Waals surface area contributed by atoms with Crippen molar-refractivity contribution in [2.45, 2.75) is 65.0 Å². The monoisotopic (exact) mass is 249 g/mol. The highest BCUT2D eigenvalue weighted by Crippen LogP contribution is 2.30. The molecule has 1 aromatic heterocycles. The Morgan fingerprint density at radius 1 is 1.33 bits per heavy atom. The molecule has 0 bridgehead atoms. The zero-order chi connectivity index (χ0) is 13.0. The van der Waals surface area contributed by atoms with Crippen LogP contribution >= 0.6 is 0 Å². The second kappa shape index (κ2) is 6.42. The Morgan fingerprint density at radius 2 is 2.17 bits per heavy atom. The van der Waals surface area contributed by atoms with E-state index in [9.17, 15) is 0 Å². The fourth-order valence-corrected chi connectivity index (χ4v) is 3.30. The normalized spacial score (nSPS) is 26.4. The second-order valence-corrected chi connectivity index (χ2v) is 6.26. The largest absolute Gasteiger partial charge is 0.468 e. The van der Waals surface area contributed by atoms with E-state index < -0.39 is 0 Å². The molecule has 0 aliphatic heterocycles. The molecular formula is C16H27NO. The van der Waals surface area contributed by atoms with E-state index in [2.05, 4.69) is 32.2 Å². The summed E-state index contributed by atoms with van der Waals surface area (Å²) in [6.45, 7) is 6.87. The quantitative estimate of drug-likeness (QED) is 0.829. The summed E-state index contributed by atoms with van der Waals surface area (Å²) in [5.41, 5.74) is 0. The third-order valence-electron chi connectivity index (χ3n) is 4.04. The van der Waals surface area contributed by atoms with Gasteiger partial charge in [-0.1, -0.05) is 26.7 Å². The third kappa shape index (κ3) is 3.88. The van der Waals surface area contributed by atoms with Crippen LogP contribution in [0, 0.1) is 11.8 Å². The Bertz CT molecular complexity index is 331. The molecule has 3 atom stereocenters. The van der Waals surface area contributed by atoms with E-state index in [1.807, 2.05) is 6.07 Å². The van der Waals surface area contributed by atoms with Crippen molar-refractivity contribution in [3.63, 3.8) is 0 Å². The molecule has 2 heteroatoms. The molecule has 0 spiro atoms. The third-order valence-corrected chi connectivity index (χ3v) is 4.04. The van der Waals surface area contributed by atoms with Gasteiger partial charge in [0, 0.05) is 6.04 Å². The molecule has 1 aromatic rings. The molecule has 102 valence electrons. The molecule has 1 fully saturated rings. The molecule has 3 unspecified atom stereocenters.